The van der Waals surface area contributed by atoms with Gasteiger partial charge in [-0.25, -0.2) is 4.98 Å². The maximum atomic E-state index is 5.18. The van der Waals surface area contributed by atoms with Crippen LogP contribution in [0.25, 0.3) is 0 Å². The van der Waals surface area contributed by atoms with Gasteiger partial charge in [0.05, 0.1) is 16.2 Å². The summed E-state index contributed by atoms with van der Waals surface area (Å²) in [5.41, 5.74) is 0.988. The molecule has 2 aromatic rings. The van der Waals surface area contributed by atoms with E-state index in [1.165, 1.54) is 17.8 Å². The van der Waals surface area contributed by atoms with Crippen LogP contribution in [0.15, 0.2) is 9.90 Å². The summed E-state index contributed by atoms with van der Waals surface area (Å²) >= 11 is 1.75. The van der Waals surface area contributed by atoms with E-state index in [0.29, 0.717) is 5.89 Å². The minimum atomic E-state index is -0.133. The number of hydrogen-bond donors (Lipinski definition) is 1. The van der Waals surface area contributed by atoms with E-state index in [-0.39, 0.29) is 5.54 Å². The second-order valence-corrected chi connectivity index (χ2v) is 6.71. The molecule has 5 nitrogen and oxygen atoms in total. The lowest BCUT2D eigenvalue weighted by Gasteiger charge is -2.26. The van der Waals surface area contributed by atoms with Gasteiger partial charge in [-0.1, -0.05) is 24.9 Å². The third-order valence-corrected chi connectivity index (χ3v) is 5.04. The van der Waals surface area contributed by atoms with E-state index >= 15 is 0 Å². The van der Waals surface area contributed by atoms with Crippen LogP contribution in [0.2, 0.25) is 0 Å². The number of nitrogens with zero attached hydrogens (tertiary/aromatic N) is 3. The van der Waals surface area contributed by atoms with Crippen LogP contribution in [-0.2, 0) is 18.5 Å². The predicted octanol–water partition coefficient (Wildman–Crippen LogP) is 3.35. The number of nitrogens with one attached hydrogen (secondary N) is 1. The number of aromatic nitrogens is 3. The van der Waals surface area contributed by atoms with E-state index < -0.39 is 0 Å². The van der Waals surface area contributed by atoms with Gasteiger partial charge >= 0.3 is 0 Å². The van der Waals surface area contributed by atoms with Gasteiger partial charge in [0.2, 0.25) is 5.89 Å². The first kappa shape index (κ1) is 14.7. The molecular weight excluding hydrogens is 284 g/mol. The van der Waals surface area contributed by atoms with Crippen LogP contribution in [0.5, 0.6) is 0 Å². The Hall–Kier alpha value is -1.27. The summed E-state index contributed by atoms with van der Waals surface area (Å²) < 4.78 is 5.18. The first-order chi connectivity index (χ1) is 10.2. The van der Waals surface area contributed by atoms with Crippen LogP contribution >= 0.6 is 11.3 Å². The molecule has 114 valence electrons. The number of thiazole rings is 1. The first-order valence-electron chi connectivity index (χ1n) is 7.71. The Bertz CT molecular complexity index is 586. The summed E-state index contributed by atoms with van der Waals surface area (Å²) in [6.45, 7) is 4.80. The molecule has 6 heteroatoms. The van der Waals surface area contributed by atoms with E-state index in [9.17, 15) is 0 Å². The standard InChI is InChI=1S/C15H22N4OS/c1-3-6-13-18-12(10-21-13)9-16-15(7-4-5-8-15)14-17-11(2)20-19-14/h10,16H,3-9H2,1-2H3. The average molecular weight is 306 g/mol. The third kappa shape index (κ3) is 3.16. The summed E-state index contributed by atoms with van der Waals surface area (Å²) in [4.78, 5) is 9.14. The molecule has 1 fully saturated rings. The molecule has 0 saturated heterocycles. The molecule has 0 bridgehead atoms. The Balaban J connectivity index is 1.70. The Kier molecular flexibility index (Phi) is 4.35. The van der Waals surface area contributed by atoms with Gasteiger partial charge in [-0.05, 0) is 25.7 Å². The first-order valence-corrected chi connectivity index (χ1v) is 8.59. The molecule has 0 aliphatic heterocycles. The lowest BCUT2D eigenvalue weighted by molar-refractivity contribution is 0.297. The summed E-state index contributed by atoms with van der Waals surface area (Å²) in [5.74, 6) is 1.44. The summed E-state index contributed by atoms with van der Waals surface area (Å²) in [6, 6.07) is 0. The van der Waals surface area contributed by atoms with Crippen molar-refractivity contribution < 1.29 is 4.52 Å². The quantitative estimate of drug-likeness (QED) is 0.886. The largest absolute Gasteiger partial charge is 0.340 e. The maximum Gasteiger partial charge on any atom is 0.223 e. The Morgan fingerprint density at radius 3 is 2.81 bits per heavy atom. The van der Waals surface area contributed by atoms with Gasteiger partial charge in [-0.15, -0.1) is 11.3 Å². The number of rotatable bonds is 6. The zero-order valence-electron chi connectivity index (χ0n) is 12.7. The lowest BCUT2D eigenvalue weighted by atomic mass is 9.96. The highest BCUT2D eigenvalue weighted by molar-refractivity contribution is 7.09. The molecule has 0 unspecified atom stereocenters. The molecule has 21 heavy (non-hydrogen) atoms. The molecule has 0 atom stereocenters. The molecule has 0 amide bonds. The van der Waals surface area contributed by atoms with Crippen molar-refractivity contribution in [3.05, 3.63) is 27.8 Å². The fourth-order valence-corrected chi connectivity index (χ4v) is 3.87. The Labute approximate surface area is 129 Å². The SMILES string of the molecule is CCCc1nc(CNC2(c3noc(C)n3)CCCC2)cs1. The van der Waals surface area contributed by atoms with Gasteiger partial charge in [0.25, 0.3) is 0 Å². The second kappa shape index (κ2) is 6.23. The van der Waals surface area contributed by atoms with Gasteiger partial charge in [0, 0.05) is 18.8 Å². The molecule has 2 heterocycles. The average Bonchev–Trinajstić information content (AvgIpc) is 3.18. The number of aryl methyl sites for hydroxylation is 2. The summed E-state index contributed by atoms with van der Waals surface area (Å²) in [5, 5.41) is 11.2. The zero-order chi connectivity index (χ0) is 14.7. The molecular formula is C15H22N4OS. The van der Waals surface area contributed by atoms with E-state index in [0.717, 1.165) is 43.7 Å². The van der Waals surface area contributed by atoms with Gasteiger partial charge in [0.1, 0.15) is 0 Å². The van der Waals surface area contributed by atoms with E-state index in [4.69, 9.17) is 4.52 Å². The van der Waals surface area contributed by atoms with Crippen molar-refractivity contribution >= 4 is 11.3 Å². The monoisotopic (exact) mass is 306 g/mol. The van der Waals surface area contributed by atoms with Crippen molar-refractivity contribution in [1.29, 1.82) is 0 Å². The third-order valence-electron chi connectivity index (χ3n) is 4.08. The summed E-state index contributed by atoms with van der Waals surface area (Å²) in [6.07, 6.45) is 6.76. The fraction of sp³-hybridized carbons (Fsp3) is 0.667. The van der Waals surface area contributed by atoms with Crippen molar-refractivity contribution in [1.82, 2.24) is 20.4 Å². The van der Waals surface area contributed by atoms with E-state index in [1.807, 2.05) is 6.92 Å². The van der Waals surface area contributed by atoms with Crippen molar-refractivity contribution in [2.75, 3.05) is 0 Å². The van der Waals surface area contributed by atoms with Gasteiger partial charge in [-0.3, -0.25) is 5.32 Å². The van der Waals surface area contributed by atoms with Crippen LogP contribution < -0.4 is 5.32 Å². The van der Waals surface area contributed by atoms with E-state index in [1.54, 1.807) is 11.3 Å². The molecule has 2 aromatic heterocycles. The van der Waals surface area contributed by atoms with Crippen LogP contribution in [0.3, 0.4) is 0 Å². The van der Waals surface area contributed by atoms with Crippen LogP contribution in [-0.4, -0.2) is 15.1 Å². The second-order valence-electron chi connectivity index (χ2n) is 5.76. The van der Waals surface area contributed by atoms with E-state index in [2.05, 4.69) is 32.7 Å². The molecule has 0 aromatic carbocycles. The van der Waals surface area contributed by atoms with Crippen molar-refractivity contribution in [2.24, 2.45) is 0 Å². The van der Waals surface area contributed by atoms with Gasteiger partial charge in [-0.2, -0.15) is 4.98 Å². The van der Waals surface area contributed by atoms with Crippen molar-refractivity contribution in [2.45, 2.75) is 64.5 Å². The maximum absolute atomic E-state index is 5.18. The highest BCUT2D eigenvalue weighted by Crippen LogP contribution is 2.37. The fourth-order valence-electron chi connectivity index (χ4n) is 2.97. The highest BCUT2D eigenvalue weighted by atomic mass is 32.1. The Morgan fingerprint density at radius 1 is 1.33 bits per heavy atom. The van der Waals surface area contributed by atoms with Crippen molar-refractivity contribution in [3.63, 3.8) is 0 Å². The summed E-state index contributed by atoms with van der Waals surface area (Å²) in [7, 11) is 0. The smallest absolute Gasteiger partial charge is 0.223 e. The van der Waals surface area contributed by atoms with Crippen LogP contribution in [0.1, 0.15) is 61.4 Å². The molecule has 3 rings (SSSR count). The topological polar surface area (TPSA) is 63.8 Å². The van der Waals surface area contributed by atoms with Crippen LogP contribution in [0.4, 0.5) is 0 Å². The van der Waals surface area contributed by atoms with Gasteiger partial charge < -0.3 is 4.52 Å². The molecule has 1 aliphatic rings. The molecule has 0 spiro atoms. The predicted molar refractivity (Wildman–Crippen MR) is 82.1 cm³/mol. The molecule has 1 N–H and O–H groups in total. The van der Waals surface area contributed by atoms with Crippen LogP contribution in [0, 0.1) is 6.92 Å². The molecule has 1 aliphatic carbocycles. The van der Waals surface area contributed by atoms with Crippen molar-refractivity contribution in [3.8, 4) is 0 Å². The number of hydrogen-bond acceptors (Lipinski definition) is 6. The minimum absolute atomic E-state index is 0.133. The van der Waals surface area contributed by atoms with Gasteiger partial charge in [0.15, 0.2) is 5.82 Å². The highest BCUT2D eigenvalue weighted by Gasteiger charge is 2.39. The lowest BCUT2D eigenvalue weighted by Crippen LogP contribution is -2.40. The molecule has 0 radical (unpaired) electrons. The normalized spacial score (nSPS) is 17.4. The minimum Gasteiger partial charge on any atom is -0.340 e. The molecule has 1 saturated carbocycles. The Morgan fingerprint density at radius 2 is 2.14 bits per heavy atom. The zero-order valence-corrected chi connectivity index (χ0v) is 13.5.